The van der Waals surface area contributed by atoms with Gasteiger partial charge in [0.15, 0.2) is 0 Å². The third kappa shape index (κ3) is 2.96. The van der Waals surface area contributed by atoms with Crippen LogP contribution in [0.2, 0.25) is 0 Å². The molecule has 0 heterocycles. The first-order valence-electron chi connectivity index (χ1n) is 5.54. The summed E-state index contributed by atoms with van der Waals surface area (Å²) < 4.78 is 0. The lowest BCUT2D eigenvalue weighted by molar-refractivity contribution is 0.122. The van der Waals surface area contributed by atoms with Crippen molar-refractivity contribution in [3.8, 4) is 11.8 Å². The largest absolute Gasteiger partial charge is 0.374 e. The fourth-order valence-electron chi connectivity index (χ4n) is 1.55. The lowest BCUT2D eigenvalue weighted by Gasteiger charge is -2.16. The van der Waals surface area contributed by atoms with Crippen molar-refractivity contribution in [3.63, 3.8) is 0 Å². The highest BCUT2D eigenvalue weighted by Gasteiger charge is 2.18. The molecule has 1 unspecified atom stereocenters. The molecule has 0 saturated carbocycles. The first-order valence-corrected chi connectivity index (χ1v) is 5.54. The van der Waals surface area contributed by atoms with E-state index in [0.717, 1.165) is 11.1 Å². The van der Waals surface area contributed by atoms with E-state index in [2.05, 4.69) is 11.8 Å². The Morgan fingerprint density at radius 2 is 1.41 bits per heavy atom. The maximum atomic E-state index is 10.3. The highest BCUT2D eigenvalue weighted by Crippen LogP contribution is 2.18. The van der Waals surface area contributed by atoms with Crippen LogP contribution in [0.25, 0.3) is 0 Å². The zero-order valence-electron chi connectivity index (χ0n) is 9.72. The molecule has 2 aromatic carbocycles. The second-order valence-electron chi connectivity index (χ2n) is 4.05. The van der Waals surface area contributed by atoms with Gasteiger partial charge < -0.3 is 5.11 Å². The van der Waals surface area contributed by atoms with Gasteiger partial charge >= 0.3 is 0 Å². The van der Waals surface area contributed by atoms with Gasteiger partial charge in [0.1, 0.15) is 5.60 Å². The molecule has 2 rings (SSSR count). The monoisotopic (exact) mass is 222 g/mol. The molecule has 0 aliphatic carbocycles. The van der Waals surface area contributed by atoms with Gasteiger partial charge in [-0.2, -0.15) is 0 Å². The van der Waals surface area contributed by atoms with Crippen LogP contribution in [0.15, 0.2) is 60.7 Å². The van der Waals surface area contributed by atoms with E-state index in [1.54, 1.807) is 6.92 Å². The standard InChI is InChI=1S/C16H14O/c1-16(17,15-10-6-3-7-11-15)13-12-14-8-4-2-5-9-14/h2-11,17H,1H3. The summed E-state index contributed by atoms with van der Waals surface area (Å²) in [5, 5.41) is 10.3. The normalized spacial score (nSPS) is 13.3. The molecule has 84 valence electrons. The molecule has 0 radical (unpaired) electrons. The van der Waals surface area contributed by atoms with Crippen molar-refractivity contribution in [2.45, 2.75) is 12.5 Å². The topological polar surface area (TPSA) is 20.2 Å². The minimum Gasteiger partial charge on any atom is -0.374 e. The molecular formula is C16H14O. The van der Waals surface area contributed by atoms with Crippen LogP contribution in [0.3, 0.4) is 0 Å². The van der Waals surface area contributed by atoms with E-state index >= 15 is 0 Å². The van der Waals surface area contributed by atoms with Gasteiger partial charge in [0.25, 0.3) is 0 Å². The van der Waals surface area contributed by atoms with Crippen LogP contribution in [-0.4, -0.2) is 5.11 Å². The SMILES string of the molecule is CC(O)(C#Cc1ccccc1)c1ccccc1. The number of rotatable bonds is 1. The molecule has 0 bridgehead atoms. The lowest BCUT2D eigenvalue weighted by atomic mass is 9.96. The van der Waals surface area contributed by atoms with Gasteiger partial charge in [-0.1, -0.05) is 60.4 Å². The van der Waals surface area contributed by atoms with E-state index in [0.29, 0.717) is 0 Å². The number of hydrogen-bond donors (Lipinski definition) is 1. The van der Waals surface area contributed by atoms with Gasteiger partial charge in [-0.25, -0.2) is 0 Å². The van der Waals surface area contributed by atoms with Crippen LogP contribution >= 0.6 is 0 Å². The van der Waals surface area contributed by atoms with Crippen LogP contribution in [0.4, 0.5) is 0 Å². The molecule has 0 fully saturated rings. The molecule has 0 amide bonds. The summed E-state index contributed by atoms with van der Waals surface area (Å²) in [4.78, 5) is 0. The third-order valence-electron chi connectivity index (χ3n) is 2.56. The first kappa shape index (κ1) is 11.4. The zero-order valence-corrected chi connectivity index (χ0v) is 9.72. The highest BCUT2D eigenvalue weighted by atomic mass is 16.3. The summed E-state index contributed by atoms with van der Waals surface area (Å²) >= 11 is 0. The Morgan fingerprint density at radius 3 is 2.00 bits per heavy atom. The maximum Gasteiger partial charge on any atom is 0.148 e. The summed E-state index contributed by atoms with van der Waals surface area (Å²) in [5.74, 6) is 5.88. The summed E-state index contributed by atoms with van der Waals surface area (Å²) in [7, 11) is 0. The molecule has 0 aliphatic heterocycles. The smallest absolute Gasteiger partial charge is 0.148 e. The van der Waals surface area contributed by atoms with Crippen LogP contribution in [0.1, 0.15) is 18.1 Å². The molecule has 0 aliphatic rings. The van der Waals surface area contributed by atoms with E-state index < -0.39 is 5.60 Å². The molecule has 0 spiro atoms. The summed E-state index contributed by atoms with van der Waals surface area (Å²) in [5.41, 5.74) is 0.601. The average molecular weight is 222 g/mol. The summed E-state index contributed by atoms with van der Waals surface area (Å²) in [6.07, 6.45) is 0. The molecule has 0 aromatic heterocycles. The maximum absolute atomic E-state index is 10.3. The molecule has 17 heavy (non-hydrogen) atoms. The fraction of sp³-hybridized carbons (Fsp3) is 0.125. The van der Waals surface area contributed by atoms with Crippen LogP contribution in [0, 0.1) is 11.8 Å². The minimum absolute atomic E-state index is 0.809. The first-order chi connectivity index (χ1) is 8.18. The second-order valence-corrected chi connectivity index (χ2v) is 4.05. The third-order valence-corrected chi connectivity index (χ3v) is 2.56. The minimum atomic E-state index is -1.11. The Bertz CT molecular complexity index is 530. The van der Waals surface area contributed by atoms with E-state index in [1.807, 2.05) is 60.7 Å². The lowest BCUT2D eigenvalue weighted by Crippen LogP contribution is -2.18. The molecule has 1 heteroatoms. The van der Waals surface area contributed by atoms with Gasteiger partial charge in [0.2, 0.25) is 0 Å². The van der Waals surface area contributed by atoms with Crippen molar-refractivity contribution >= 4 is 0 Å². The van der Waals surface area contributed by atoms with Gasteiger partial charge in [-0.15, -0.1) is 0 Å². The van der Waals surface area contributed by atoms with Gasteiger partial charge in [0.05, 0.1) is 0 Å². The second kappa shape index (κ2) is 4.86. The number of benzene rings is 2. The Morgan fingerprint density at radius 1 is 0.882 bits per heavy atom. The van der Waals surface area contributed by atoms with E-state index in [1.165, 1.54) is 0 Å². The summed E-state index contributed by atoms with van der Waals surface area (Å²) in [6, 6.07) is 19.1. The predicted molar refractivity (Wildman–Crippen MR) is 69.3 cm³/mol. The van der Waals surface area contributed by atoms with Crippen molar-refractivity contribution < 1.29 is 5.11 Å². The van der Waals surface area contributed by atoms with Gasteiger partial charge in [0, 0.05) is 5.56 Å². The molecule has 1 N–H and O–H groups in total. The van der Waals surface area contributed by atoms with Crippen LogP contribution in [0.5, 0.6) is 0 Å². The highest BCUT2D eigenvalue weighted by molar-refractivity contribution is 5.39. The van der Waals surface area contributed by atoms with Crippen molar-refractivity contribution in [1.82, 2.24) is 0 Å². The van der Waals surface area contributed by atoms with Gasteiger partial charge in [-0.3, -0.25) is 0 Å². The Labute approximate surface area is 102 Å². The Hall–Kier alpha value is -2.04. The van der Waals surface area contributed by atoms with Crippen molar-refractivity contribution in [2.24, 2.45) is 0 Å². The van der Waals surface area contributed by atoms with Crippen molar-refractivity contribution in [1.29, 1.82) is 0 Å². The van der Waals surface area contributed by atoms with Crippen molar-refractivity contribution in [2.75, 3.05) is 0 Å². The predicted octanol–water partition coefficient (Wildman–Crippen LogP) is 2.95. The number of aliphatic hydroxyl groups is 1. The fourth-order valence-corrected chi connectivity index (χ4v) is 1.55. The van der Waals surface area contributed by atoms with E-state index in [4.69, 9.17) is 0 Å². The van der Waals surface area contributed by atoms with Crippen LogP contribution in [-0.2, 0) is 5.60 Å². The number of hydrogen-bond acceptors (Lipinski definition) is 1. The summed E-state index contributed by atoms with van der Waals surface area (Å²) in [6.45, 7) is 1.71. The van der Waals surface area contributed by atoms with Crippen LogP contribution < -0.4 is 0 Å². The molecule has 1 nitrogen and oxygen atoms in total. The Kier molecular flexibility index (Phi) is 3.27. The van der Waals surface area contributed by atoms with E-state index in [-0.39, 0.29) is 0 Å². The molecule has 2 aromatic rings. The van der Waals surface area contributed by atoms with Crippen molar-refractivity contribution in [3.05, 3.63) is 71.8 Å². The van der Waals surface area contributed by atoms with E-state index in [9.17, 15) is 5.11 Å². The molecule has 0 saturated heterocycles. The van der Waals surface area contributed by atoms with Gasteiger partial charge in [-0.05, 0) is 24.6 Å². The zero-order chi connectivity index (χ0) is 12.1. The molecule has 1 atom stereocenters. The average Bonchev–Trinajstić information content (AvgIpc) is 2.39. The molecular weight excluding hydrogens is 208 g/mol. The Balaban J connectivity index is 2.27. The quantitative estimate of drug-likeness (QED) is 0.735.